The van der Waals surface area contributed by atoms with Crippen LogP contribution in [-0.2, 0) is 4.84 Å². The summed E-state index contributed by atoms with van der Waals surface area (Å²) in [7, 11) is 0. The maximum atomic E-state index is 5.25. The molecule has 1 unspecified atom stereocenters. The fraction of sp³-hybridized carbons (Fsp3) is 0.571. The van der Waals surface area contributed by atoms with E-state index in [-0.39, 0.29) is 0 Å². The van der Waals surface area contributed by atoms with E-state index in [0.29, 0.717) is 12.6 Å². The minimum absolute atomic E-state index is 0.425. The number of nitrogens with zero attached hydrogens (tertiary/aromatic N) is 1. The van der Waals surface area contributed by atoms with E-state index in [4.69, 9.17) is 10.7 Å². The van der Waals surface area contributed by atoms with Crippen LogP contribution in [0, 0.1) is 13.8 Å². The van der Waals surface area contributed by atoms with E-state index in [1.807, 2.05) is 0 Å². The SMILES string of the molecule is Cc1cccc(C)c1N1CCCCC1CON. The highest BCUT2D eigenvalue weighted by Crippen LogP contribution is 2.30. The minimum Gasteiger partial charge on any atom is -0.366 e. The molecule has 2 rings (SSSR count). The van der Waals surface area contributed by atoms with Crippen LogP contribution < -0.4 is 10.8 Å². The van der Waals surface area contributed by atoms with Crippen molar-refractivity contribution >= 4 is 5.69 Å². The number of piperidine rings is 1. The number of nitrogens with two attached hydrogens (primary N) is 1. The lowest BCUT2D eigenvalue weighted by Gasteiger charge is -2.38. The number of para-hydroxylation sites is 1. The standard InChI is InChI=1S/C14H22N2O/c1-11-6-5-7-12(2)14(11)16-9-4-3-8-13(16)10-17-15/h5-7,13H,3-4,8-10,15H2,1-2H3. The topological polar surface area (TPSA) is 38.5 Å². The third-order valence-corrected chi connectivity index (χ3v) is 3.64. The summed E-state index contributed by atoms with van der Waals surface area (Å²) in [6.07, 6.45) is 3.70. The molecule has 0 radical (unpaired) electrons. The van der Waals surface area contributed by atoms with Gasteiger partial charge in [-0.2, -0.15) is 0 Å². The fourth-order valence-electron chi connectivity index (χ4n) is 2.84. The van der Waals surface area contributed by atoms with Crippen molar-refractivity contribution in [3.05, 3.63) is 29.3 Å². The maximum Gasteiger partial charge on any atom is 0.0882 e. The lowest BCUT2D eigenvalue weighted by molar-refractivity contribution is 0.114. The Kier molecular flexibility index (Phi) is 4.02. The van der Waals surface area contributed by atoms with Gasteiger partial charge in [-0.1, -0.05) is 18.2 Å². The summed E-state index contributed by atoms with van der Waals surface area (Å²) in [5, 5.41) is 0. The Bertz CT molecular complexity index is 356. The molecule has 2 N–H and O–H groups in total. The van der Waals surface area contributed by atoms with Crippen LogP contribution in [0.15, 0.2) is 18.2 Å². The Morgan fingerprint density at radius 2 is 2.00 bits per heavy atom. The van der Waals surface area contributed by atoms with Crippen LogP contribution in [0.2, 0.25) is 0 Å². The molecule has 94 valence electrons. The average molecular weight is 234 g/mol. The lowest BCUT2D eigenvalue weighted by atomic mass is 9.98. The van der Waals surface area contributed by atoms with E-state index in [1.54, 1.807) is 0 Å². The first-order valence-corrected chi connectivity index (χ1v) is 6.38. The molecule has 0 saturated carbocycles. The second-order valence-electron chi connectivity index (χ2n) is 4.92. The van der Waals surface area contributed by atoms with E-state index in [1.165, 1.54) is 36.1 Å². The maximum absolute atomic E-state index is 5.25. The van der Waals surface area contributed by atoms with Gasteiger partial charge in [0.25, 0.3) is 0 Å². The van der Waals surface area contributed by atoms with Crippen molar-refractivity contribution in [2.45, 2.75) is 39.2 Å². The van der Waals surface area contributed by atoms with Gasteiger partial charge in [-0.25, -0.2) is 5.90 Å². The summed E-state index contributed by atoms with van der Waals surface area (Å²) in [4.78, 5) is 7.34. The third-order valence-electron chi connectivity index (χ3n) is 3.64. The Hall–Kier alpha value is -1.06. The zero-order chi connectivity index (χ0) is 12.3. The number of aryl methyl sites for hydroxylation is 2. The van der Waals surface area contributed by atoms with Gasteiger partial charge in [-0.3, -0.25) is 0 Å². The molecule has 0 aromatic heterocycles. The second kappa shape index (κ2) is 5.52. The molecule has 3 heteroatoms. The van der Waals surface area contributed by atoms with Crippen LogP contribution in [0.1, 0.15) is 30.4 Å². The van der Waals surface area contributed by atoms with Crippen LogP contribution in [0.4, 0.5) is 5.69 Å². The molecular weight excluding hydrogens is 212 g/mol. The van der Waals surface area contributed by atoms with Crippen molar-refractivity contribution in [1.82, 2.24) is 0 Å². The van der Waals surface area contributed by atoms with Crippen molar-refractivity contribution in [2.24, 2.45) is 5.90 Å². The molecule has 1 atom stereocenters. The zero-order valence-electron chi connectivity index (χ0n) is 10.8. The number of hydrogen-bond donors (Lipinski definition) is 1. The van der Waals surface area contributed by atoms with Gasteiger partial charge in [0.15, 0.2) is 0 Å². The average Bonchev–Trinajstić information content (AvgIpc) is 2.31. The molecule has 1 fully saturated rings. The van der Waals surface area contributed by atoms with Crippen LogP contribution >= 0.6 is 0 Å². The molecule has 0 spiro atoms. The van der Waals surface area contributed by atoms with E-state index in [2.05, 4.69) is 36.9 Å². The molecule has 3 nitrogen and oxygen atoms in total. The van der Waals surface area contributed by atoms with Crippen molar-refractivity contribution in [3.8, 4) is 0 Å². The summed E-state index contributed by atoms with van der Waals surface area (Å²) in [6, 6.07) is 6.90. The molecule has 0 aliphatic carbocycles. The lowest BCUT2D eigenvalue weighted by Crippen LogP contribution is -2.43. The first-order valence-electron chi connectivity index (χ1n) is 6.38. The molecule has 0 bridgehead atoms. The van der Waals surface area contributed by atoms with Gasteiger partial charge < -0.3 is 9.74 Å². The van der Waals surface area contributed by atoms with E-state index < -0.39 is 0 Å². The van der Waals surface area contributed by atoms with Gasteiger partial charge in [-0.15, -0.1) is 0 Å². The molecule has 0 amide bonds. The van der Waals surface area contributed by atoms with Gasteiger partial charge in [0.1, 0.15) is 0 Å². The monoisotopic (exact) mass is 234 g/mol. The van der Waals surface area contributed by atoms with Gasteiger partial charge in [0.05, 0.1) is 12.6 Å². The molecule has 1 aliphatic rings. The zero-order valence-corrected chi connectivity index (χ0v) is 10.8. The molecule has 1 aliphatic heterocycles. The Morgan fingerprint density at radius 1 is 1.29 bits per heavy atom. The van der Waals surface area contributed by atoms with Gasteiger partial charge in [0, 0.05) is 12.2 Å². The van der Waals surface area contributed by atoms with Gasteiger partial charge >= 0.3 is 0 Å². The fourth-order valence-corrected chi connectivity index (χ4v) is 2.84. The van der Waals surface area contributed by atoms with Crippen LogP contribution in [0.5, 0.6) is 0 Å². The summed E-state index contributed by atoms with van der Waals surface area (Å²) in [5.41, 5.74) is 4.05. The first kappa shape index (κ1) is 12.4. The highest BCUT2D eigenvalue weighted by Gasteiger charge is 2.24. The highest BCUT2D eigenvalue weighted by molar-refractivity contribution is 5.59. The first-order chi connectivity index (χ1) is 8.24. The molecule has 1 saturated heterocycles. The van der Waals surface area contributed by atoms with Crippen molar-refractivity contribution in [2.75, 3.05) is 18.1 Å². The number of rotatable bonds is 3. The summed E-state index contributed by atoms with van der Waals surface area (Å²) in [5.74, 6) is 5.25. The summed E-state index contributed by atoms with van der Waals surface area (Å²) >= 11 is 0. The van der Waals surface area contributed by atoms with Crippen molar-refractivity contribution in [3.63, 3.8) is 0 Å². The Morgan fingerprint density at radius 3 is 2.65 bits per heavy atom. The Labute approximate surface area is 104 Å². The summed E-state index contributed by atoms with van der Waals surface area (Å²) < 4.78 is 0. The normalized spacial score (nSPS) is 20.6. The second-order valence-corrected chi connectivity index (χ2v) is 4.92. The largest absolute Gasteiger partial charge is 0.366 e. The van der Waals surface area contributed by atoms with Crippen LogP contribution in [0.25, 0.3) is 0 Å². The smallest absolute Gasteiger partial charge is 0.0882 e. The predicted octanol–water partition coefficient (Wildman–Crippen LogP) is 2.55. The molecule has 17 heavy (non-hydrogen) atoms. The molecular formula is C14H22N2O. The Balaban J connectivity index is 2.29. The van der Waals surface area contributed by atoms with Gasteiger partial charge in [-0.05, 0) is 44.2 Å². The number of benzene rings is 1. The van der Waals surface area contributed by atoms with Gasteiger partial charge in [0.2, 0.25) is 0 Å². The predicted molar refractivity (Wildman–Crippen MR) is 71.0 cm³/mol. The number of anilines is 1. The minimum atomic E-state index is 0.425. The molecule has 1 aromatic rings. The number of hydrogen-bond acceptors (Lipinski definition) is 3. The van der Waals surface area contributed by atoms with E-state index in [0.717, 1.165) is 6.54 Å². The van der Waals surface area contributed by atoms with E-state index >= 15 is 0 Å². The van der Waals surface area contributed by atoms with Crippen molar-refractivity contribution in [1.29, 1.82) is 0 Å². The molecule has 1 heterocycles. The van der Waals surface area contributed by atoms with Crippen molar-refractivity contribution < 1.29 is 4.84 Å². The van der Waals surface area contributed by atoms with E-state index in [9.17, 15) is 0 Å². The van der Waals surface area contributed by atoms with Crippen LogP contribution in [0.3, 0.4) is 0 Å². The third kappa shape index (κ3) is 2.61. The molecule has 1 aromatic carbocycles. The highest BCUT2D eigenvalue weighted by atomic mass is 16.6. The van der Waals surface area contributed by atoms with Crippen LogP contribution in [-0.4, -0.2) is 19.2 Å². The quantitative estimate of drug-likeness (QED) is 0.817. The summed E-state index contributed by atoms with van der Waals surface area (Å²) in [6.45, 7) is 6.09.